The molecule has 1 unspecified atom stereocenters. The van der Waals surface area contributed by atoms with Gasteiger partial charge in [0.25, 0.3) is 0 Å². The van der Waals surface area contributed by atoms with E-state index in [9.17, 15) is 9.90 Å². The summed E-state index contributed by atoms with van der Waals surface area (Å²) < 4.78 is 0. The van der Waals surface area contributed by atoms with Gasteiger partial charge in [-0.3, -0.25) is 9.69 Å². The largest absolute Gasteiger partial charge is 0.481 e. The summed E-state index contributed by atoms with van der Waals surface area (Å²) in [5, 5.41) is 9.37. The number of aliphatic carboxylic acids is 1. The van der Waals surface area contributed by atoms with Crippen LogP contribution in [-0.2, 0) is 16.8 Å². The first-order valence-corrected chi connectivity index (χ1v) is 8.07. The second-order valence-corrected chi connectivity index (χ2v) is 8.36. The molecule has 112 valence electrons. The summed E-state index contributed by atoms with van der Waals surface area (Å²) in [7, 11) is 0. The molecule has 2 rings (SSSR count). The van der Waals surface area contributed by atoms with Crippen LogP contribution in [0.3, 0.4) is 0 Å². The molecule has 20 heavy (non-hydrogen) atoms. The van der Waals surface area contributed by atoms with Crippen molar-refractivity contribution in [3.63, 3.8) is 0 Å². The maximum atomic E-state index is 11.4. The molecule has 1 fully saturated rings. The van der Waals surface area contributed by atoms with E-state index < -0.39 is 11.4 Å². The molecule has 1 atom stereocenters. The monoisotopic (exact) mass is 295 g/mol. The van der Waals surface area contributed by atoms with Crippen molar-refractivity contribution in [3.05, 3.63) is 21.9 Å². The van der Waals surface area contributed by atoms with Crippen LogP contribution in [0, 0.1) is 5.41 Å². The van der Waals surface area contributed by atoms with Gasteiger partial charge in [-0.15, -0.1) is 11.3 Å². The Hall–Kier alpha value is -0.870. The first kappa shape index (κ1) is 15.5. The summed E-state index contributed by atoms with van der Waals surface area (Å²) in [5.74, 6) is -0.663. The van der Waals surface area contributed by atoms with Gasteiger partial charge in [0.2, 0.25) is 0 Å². The quantitative estimate of drug-likeness (QED) is 0.923. The van der Waals surface area contributed by atoms with Gasteiger partial charge in [-0.25, -0.2) is 0 Å². The van der Waals surface area contributed by atoms with Crippen LogP contribution in [0.2, 0.25) is 0 Å². The number of hydrogen-bond donors (Lipinski definition) is 1. The Balaban J connectivity index is 2.03. The van der Waals surface area contributed by atoms with E-state index in [-0.39, 0.29) is 5.41 Å². The molecule has 1 aromatic rings. The highest BCUT2D eigenvalue weighted by Gasteiger charge is 2.37. The smallest absolute Gasteiger partial charge is 0.310 e. The van der Waals surface area contributed by atoms with E-state index in [0.29, 0.717) is 6.54 Å². The third kappa shape index (κ3) is 3.41. The molecular formula is C16H25NO2S. The van der Waals surface area contributed by atoms with Crippen molar-refractivity contribution in [3.8, 4) is 0 Å². The van der Waals surface area contributed by atoms with Crippen molar-refractivity contribution in [2.45, 2.75) is 52.5 Å². The van der Waals surface area contributed by atoms with Gasteiger partial charge < -0.3 is 5.11 Å². The number of hydrogen-bond acceptors (Lipinski definition) is 3. The predicted octanol–water partition coefficient (Wildman–Crippen LogP) is 3.73. The van der Waals surface area contributed by atoms with Crippen LogP contribution < -0.4 is 0 Å². The van der Waals surface area contributed by atoms with Crippen LogP contribution in [0.15, 0.2) is 12.1 Å². The molecule has 0 saturated carbocycles. The first-order chi connectivity index (χ1) is 9.21. The highest BCUT2D eigenvalue weighted by atomic mass is 32.1. The summed E-state index contributed by atoms with van der Waals surface area (Å²) in [6.45, 7) is 11.1. The molecule has 4 heteroatoms. The molecule has 0 amide bonds. The molecule has 0 aliphatic carbocycles. The first-order valence-electron chi connectivity index (χ1n) is 7.26. The average molecular weight is 295 g/mol. The third-order valence-electron chi connectivity index (χ3n) is 4.07. The van der Waals surface area contributed by atoms with Gasteiger partial charge in [-0.05, 0) is 43.9 Å². The lowest BCUT2D eigenvalue weighted by Gasteiger charge is -2.37. The molecule has 1 aliphatic heterocycles. The third-order valence-corrected chi connectivity index (χ3v) is 5.57. The highest BCUT2D eigenvalue weighted by molar-refractivity contribution is 7.12. The maximum Gasteiger partial charge on any atom is 0.310 e. The van der Waals surface area contributed by atoms with Crippen LogP contribution in [0.5, 0.6) is 0 Å². The summed E-state index contributed by atoms with van der Waals surface area (Å²) >= 11 is 1.85. The molecule has 1 N–H and O–H groups in total. The number of piperidine rings is 1. The van der Waals surface area contributed by atoms with Crippen molar-refractivity contribution in [1.82, 2.24) is 4.90 Å². The number of carboxylic acids is 1. The van der Waals surface area contributed by atoms with Crippen molar-refractivity contribution < 1.29 is 9.90 Å². The number of carbonyl (C=O) groups is 1. The molecule has 3 nitrogen and oxygen atoms in total. The van der Waals surface area contributed by atoms with Crippen LogP contribution in [0.4, 0.5) is 0 Å². The minimum absolute atomic E-state index is 0.195. The topological polar surface area (TPSA) is 40.5 Å². The fraction of sp³-hybridized carbons (Fsp3) is 0.688. The van der Waals surface area contributed by atoms with Crippen LogP contribution in [0.25, 0.3) is 0 Å². The number of rotatable bonds is 3. The lowest BCUT2D eigenvalue weighted by molar-refractivity contribution is -0.151. The summed E-state index contributed by atoms with van der Waals surface area (Å²) in [6.07, 6.45) is 1.76. The van der Waals surface area contributed by atoms with Crippen LogP contribution in [-0.4, -0.2) is 29.1 Å². The predicted molar refractivity (Wildman–Crippen MR) is 83.3 cm³/mol. The molecule has 1 aromatic heterocycles. The Labute approximate surface area is 125 Å². The van der Waals surface area contributed by atoms with E-state index in [0.717, 1.165) is 25.9 Å². The fourth-order valence-corrected chi connectivity index (χ4v) is 3.85. The second-order valence-electron chi connectivity index (χ2n) is 7.20. The Bertz CT molecular complexity index is 489. The molecule has 0 aromatic carbocycles. The zero-order chi connectivity index (χ0) is 15.0. The Kier molecular flexibility index (Phi) is 4.26. The minimum atomic E-state index is -0.663. The zero-order valence-electron chi connectivity index (χ0n) is 12.9. The standard InChI is InChI=1S/C16H25NO2S/c1-15(2,3)13-7-6-12(20-13)10-17-9-5-8-16(4,11-17)14(18)19/h6-7H,5,8-11H2,1-4H3,(H,18,19). The molecule has 0 spiro atoms. The van der Waals surface area contributed by atoms with Gasteiger partial charge in [0.15, 0.2) is 0 Å². The van der Waals surface area contributed by atoms with E-state index in [4.69, 9.17) is 0 Å². The lowest BCUT2D eigenvalue weighted by atomic mass is 9.82. The van der Waals surface area contributed by atoms with Gasteiger partial charge in [0.05, 0.1) is 5.41 Å². The molecule has 1 aliphatic rings. The molecule has 1 saturated heterocycles. The zero-order valence-corrected chi connectivity index (χ0v) is 13.7. The van der Waals surface area contributed by atoms with Gasteiger partial charge in [0, 0.05) is 22.8 Å². The van der Waals surface area contributed by atoms with E-state index in [1.165, 1.54) is 9.75 Å². The highest BCUT2D eigenvalue weighted by Crippen LogP contribution is 2.33. The summed E-state index contributed by atoms with van der Waals surface area (Å²) in [4.78, 5) is 16.4. The van der Waals surface area contributed by atoms with E-state index >= 15 is 0 Å². The van der Waals surface area contributed by atoms with Gasteiger partial charge in [-0.1, -0.05) is 20.8 Å². The van der Waals surface area contributed by atoms with E-state index in [1.807, 2.05) is 18.3 Å². The van der Waals surface area contributed by atoms with Crippen molar-refractivity contribution in [2.75, 3.05) is 13.1 Å². The normalized spacial score (nSPS) is 24.8. The van der Waals surface area contributed by atoms with Crippen molar-refractivity contribution >= 4 is 17.3 Å². The van der Waals surface area contributed by atoms with Gasteiger partial charge in [-0.2, -0.15) is 0 Å². The lowest BCUT2D eigenvalue weighted by Crippen LogP contribution is -2.45. The number of nitrogens with zero attached hydrogens (tertiary/aromatic N) is 1. The number of carboxylic acid groups (broad SMARTS) is 1. The van der Waals surface area contributed by atoms with Crippen molar-refractivity contribution in [1.29, 1.82) is 0 Å². The average Bonchev–Trinajstić information content (AvgIpc) is 2.77. The summed E-state index contributed by atoms with van der Waals surface area (Å²) in [5.41, 5.74) is -0.386. The van der Waals surface area contributed by atoms with Gasteiger partial charge in [0.1, 0.15) is 0 Å². The Morgan fingerprint density at radius 3 is 2.70 bits per heavy atom. The maximum absolute atomic E-state index is 11.4. The molecule has 2 heterocycles. The Morgan fingerprint density at radius 1 is 1.45 bits per heavy atom. The molecular weight excluding hydrogens is 270 g/mol. The Morgan fingerprint density at radius 2 is 2.15 bits per heavy atom. The SMILES string of the molecule is CC1(C(=O)O)CCCN(Cc2ccc(C(C)(C)C)s2)C1. The molecule has 0 radical (unpaired) electrons. The molecule has 0 bridgehead atoms. The van der Waals surface area contributed by atoms with Gasteiger partial charge >= 0.3 is 5.97 Å². The van der Waals surface area contributed by atoms with Crippen LogP contribution >= 0.6 is 11.3 Å². The van der Waals surface area contributed by atoms with E-state index in [2.05, 4.69) is 37.8 Å². The van der Waals surface area contributed by atoms with Crippen LogP contribution in [0.1, 0.15) is 50.3 Å². The minimum Gasteiger partial charge on any atom is -0.481 e. The number of thiophene rings is 1. The number of likely N-dealkylation sites (tertiary alicyclic amines) is 1. The van der Waals surface area contributed by atoms with Crippen molar-refractivity contribution in [2.24, 2.45) is 5.41 Å². The fourth-order valence-electron chi connectivity index (χ4n) is 2.74. The van der Waals surface area contributed by atoms with E-state index in [1.54, 1.807) is 0 Å². The summed E-state index contributed by atoms with van der Waals surface area (Å²) in [6, 6.07) is 4.40. The second kappa shape index (κ2) is 5.49.